The van der Waals surface area contributed by atoms with E-state index in [0.717, 1.165) is 5.56 Å². The number of aryl methyl sites for hydroxylation is 1. The zero-order chi connectivity index (χ0) is 11.4. The summed E-state index contributed by atoms with van der Waals surface area (Å²) in [6.45, 7) is 1.97. The van der Waals surface area contributed by atoms with Crippen molar-refractivity contribution in [3.05, 3.63) is 53.7 Å². The molecule has 3 nitrogen and oxygen atoms in total. The highest BCUT2D eigenvalue weighted by atomic mass is 16.5. The van der Waals surface area contributed by atoms with Gasteiger partial charge in [0.15, 0.2) is 0 Å². The molecule has 0 saturated carbocycles. The van der Waals surface area contributed by atoms with Crippen LogP contribution in [0.15, 0.2) is 42.6 Å². The molecule has 16 heavy (non-hydrogen) atoms. The fourth-order valence-electron chi connectivity index (χ4n) is 1.23. The summed E-state index contributed by atoms with van der Waals surface area (Å²) in [4.78, 5) is 4.13. The lowest BCUT2D eigenvalue weighted by molar-refractivity contribution is 0.462. The molecule has 0 bridgehead atoms. The van der Waals surface area contributed by atoms with Crippen molar-refractivity contribution in [2.75, 3.05) is 0 Å². The van der Waals surface area contributed by atoms with Crippen LogP contribution in [0, 0.1) is 18.3 Å². The summed E-state index contributed by atoms with van der Waals surface area (Å²) in [5, 5.41) is 8.65. The first kappa shape index (κ1) is 10.2. The molecule has 0 aliphatic carbocycles. The molecule has 0 aliphatic heterocycles. The van der Waals surface area contributed by atoms with E-state index in [2.05, 4.69) is 11.1 Å². The number of benzene rings is 1. The Hall–Kier alpha value is -2.34. The van der Waals surface area contributed by atoms with E-state index in [-0.39, 0.29) is 0 Å². The van der Waals surface area contributed by atoms with Gasteiger partial charge in [0, 0.05) is 12.3 Å². The van der Waals surface area contributed by atoms with Gasteiger partial charge in [0.25, 0.3) is 0 Å². The molecule has 1 aromatic heterocycles. The zero-order valence-corrected chi connectivity index (χ0v) is 8.84. The maximum absolute atomic E-state index is 8.65. The number of pyridine rings is 1. The van der Waals surface area contributed by atoms with Crippen molar-refractivity contribution in [3.63, 3.8) is 0 Å². The fourth-order valence-corrected chi connectivity index (χ4v) is 1.23. The fraction of sp³-hybridized carbons (Fsp3) is 0.0769. The van der Waals surface area contributed by atoms with Crippen LogP contribution in [-0.2, 0) is 0 Å². The average Bonchev–Trinajstić information content (AvgIpc) is 2.33. The molecule has 0 radical (unpaired) electrons. The summed E-state index contributed by atoms with van der Waals surface area (Å²) >= 11 is 0. The third-order valence-electron chi connectivity index (χ3n) is 2.09. The normalized spacial score (nSPS) is 9.50. The van der Waals surface area contributed by atoms with Crippen molar-refractivity contribution < 1.29 is 4.74 Å². The monoisotopic (exact) mass is 210 g/mol. The average molecular weight is 210 g/mol. The van der Waals surface area contributed by atoms with Gasteiger partial charge >= 0.3 is 0 Å². The van der Waals surface area contributed by atoms with Crippen LogP contribution in [0.5, 0.6) is 11.6 Å². The second-order valence-corrected chi connectivity index (χ2v) is 3.41. The minimum Gasteiger partial charge on any atom is -0.439 e. The van der Waals surface area contributed by atoms with E-state index in [1.54, 1.807) is 30.5 Å². The Morgan fingerprint density at radius 3 is 2.44 bits per heavy atom. The summed E-state index contributed by atoms with van der Waals surface area (Å²) in [5.41, 5.74) is 1.70. The summed E-state index contributed by atoms with van der Waals surface area (Å²) in [5.74, 6) is 1.23. The zero-order valence-electron chi connectivity index (χ0n) is 8.84. The highest BCUT2D eigenvalue weighted by molar-refractivity contribution is 5.36. The van der Waals surface area contributed by atoms with E-state index in [0.29, 0.717) is 17.2 Å². The molecule has 0 spiro atoms. The summed E-state index contributed by atoms with van der Waals surface area (Å²) in [6.07, 6.45) is 1.75. The molecule has 0 unspecified atom stereocenters. The van der Waals surface area contributed by atoms with Gasteiger partial charge in [0.1, 0.15) is 5.75 Å². The number of rotatable bonds is 2. The van der Waals surface area contributed by atoms with Crippen LogP contribution in [0.3, 0.4) is 0 Å². The van der Waals surface area contributed by atoms with E-state index < -0.39 is 0 Å². The Morgan fingerprint density at radius 1 is 1.12 bits per heavy atom. The second kappa shape index (κ2) is 4.45. The van der Waals surface area contributed by atoms with E-state index in [1.165, 1.54) is 0 Å². The highest BCUT2D eigenvalue weighted by Gasteiger charge is 1.98. The standard InChI is InChI=1S/C13H10N2O/c1-10-2-7-13(15-9-10)16-12-5-3-11(8-14)4-6-12/h2-7,9H,1H3. The molecule has 3 heteroatoms. The first-order valence-electron chi connectivity index (χ1n) is 4.88. The van der Waals surface area contributed by atoms with Crippen molar-refractivity contribution in [1.82, 2.24) is 4.98 Å². The van der Waals surface area contributed by atoms with Crippen LogP contribution < -0.4 is 4.74 Å². The molecular weight excluding hydrogens is 200 g/mol. The third-order valence-corrected chi connectivity index (χ3v) is 2.09. The van der Waals surface area contributed by atoms with Gasteiger partial charge in [-0.1, -0.05) is 6.07 Å². The summed E-state index contributed by atoms with van der Waals surface area (Å²) in [6, 6.07) is 12.7. The summed E-state index contributed by atoms with van der Waals surface area (Å²) < 4.78 is 5.51. The predicted molar refractivity (Wildman–Crippen MR) is 60.2 cm³/mol. The van der Waals surface area contributed by atoms with E-state index in [9.17, 15) is 0 Å². The molecule has 0 fully saturated rings. The van der Waals surface area contributed by atoms with Crippen LogP contribution in [-0.4, -0.2) is 4.98 Å². The summed E-state index contributed by atoms with van der Waals surface area (Å²) in [7, 11) is 0. The molecule has 0 saturated heterocycles. The molecule has 78 valence electrons. The lowest BCUT2D eigenvalue weighted by Crippen LogP contribution is -1.87. The van der Waals surface area contributed by atoms with Crippen LogP contribution in [0.2, 0.25) is 0 Å². The van der Waals surface area contributed by atoms with Crippen molar-refractivity contribution in [1.29, 1.82) is 5.26 Å². The van der Waals surface area contributed by atoms with E-state index in [1.807, 2.05) is 19.1 Å². The van der Waals surface area contributed by atoms with Crippen molar-refractivity contribution in [2.45, 2.75) is 6.92 Å². The van der Waals surface area contributed by atoms with Crippen molar-refractivity contribution in [2.24, 2.45) is 0 Å². The maximum atomic E-state index is 8.65. The minimum absolute atomic E-state index is 0.551. The Balaban J connectivity index is 2.15. The number of ether oxygens (including phenoxy) is 1. The molecule has 0 amide bonds. The predicted octanol–water partition coefficient (Wildman–Crippen LogP) is 3.05. The molecule has 0 N–H and O–H groups in total. The van der Waals surface area contributed by atoms with Gasteiger partial charge in [0.2, 0.25) is 5.88 Å². The molecule has 2 rings (SSSR count). The van der Waals surface area contributed by atoms with Gasteiger partial charge in [-0.05, 0) is 36.8 Å². The van der Waals surface area contributed by atoms with Gasteiger partial charge < -0.3 is 4.74 Å². The number of hydrogen-bond donors (Lipinski definition) is 0. The van der Waals surface area contributed by atoms with E-state index in [4.69, 9.17) is 10.00 Å². The molecule has 0 aliphatic rings. The Labute approximate surface area is 93.9 Å². The Morgan fingerprint density at radius 2 is 1.88 bits per heavy atom. The minimum atomic E-state index is 0.551. The first-order valence-corrected chi connectivity index (χ1v) is 4.88. The topological polar surface area (TPSA) is 45.9 Å². The number of hydrogen-bond acceptors (Lipinski definition) is 3. The highest BCUT2D eigenvalue weighted by Crippen LogP contribution is 2.19. The molecule has 2 aromatic rings. The Kier molecular flexibility index (Phi) is 2.84. The van der Waals surface area contributed by atoms with Crippen LogP contribution in [0.1, 0.15) is 11.1 Å². The van der Waals surface area contributed by atoms with E-state index >= 15 is 0 Å². The van der Waals surface area contributed by atoms with Gasteiger partial charge in [-0.2, -0.15) is 5.26 Å². The lowest BCUT2D eigenvalue weighted by atomic mass is 10.2. The van der Waals surface area contributed by atoms with Gasteiger partial charge in [0.05, 0.1) is 11.6 Å². The quantitative estimate of drug-likeness (QED) is 0.765. The SMILES string of the molecule is Cc1ccc(Oc2ccc(C#N)cc2)nc1. The van der Waals surface area contributed by atoms with Crippen molar-refractivity contribution >= 4 is 0 Å². The molecular formula is C13H10N2O. The molecule has 1 aromatic carbocycles. The molecule has 0 atom stereocenters. The Bertz CT molecular complexity index is 509. The largest absolute Gasteiger partial charge is 0.439 e. The third kappa shape index (κ3) is 2.37. The van der Waals surface area contributed by atoms with Gasteiger partial charge in [-0.3, -0.25) is 0 Å². The van der Waals surface area contributed by atoms with Crippen LogP contribution in [0.4, 0.5) is 0 Å². The lowest BCUT2D eigenvalue weighted by Gasteiger charge is -2.04. The second-order valence-electron chi connectivity index (χ2n) is 3.41. The number of nitriles is 1. The smallest absolute Gasteiger partial charge is 0.219 e. The molecule has 1 heterocycles. The van der Waals surface area contributed by atoms with Gasteiger partial charge in [-0.25, -0.2) is 4.98 Å². The number of aromatic nitrogens is 1. The van der Waals surface area contributed by atoms with Gasteiger partial charge in [-0.15, -0.1) is 0 Å². The maximum Gasteiger partial charge on any atom is 0.219 e. The van der Waals surface area contributed by atoms with Crippen molar-refractivity contribution in [3.8, 4) is 17.7 Å². The van der Waals surface area contributed by atoms with Crippen LogP contribution >= 0.6 is 0 Å². The van der Waals surface area contributed by atoms with Crippen LogP contribution in [0.25, 0.3) is 0 Å². The first-order chi connectivity index (χ1) is 7.78. The number of nitrogens with zero attached hydrogens (tertiary/aromatic N) is 2.